The van der Waals surface area contributed by atoms with Gasteiger partial charge in [0, 0.05) is 19.0 Å². The van der Waals surface area contributed by atoms with Crippen LogP contribution in [0.5, 0.6) is 0 Å². The Balaban J connectivity index is 1.96. The first-order valence-electron chi connectivity index (χ1n) is 7.35. The normalized spacial score (nSPS) is 17.5. The van der Waals surface area contributed by atoms with Crippen molar-refractivity contribution in [1.29, 1.82) is 0 Å². The summed E-state index contributed by atoms with van der Waals surface area (Å²) in [5.74, 6) is -0.0429. The van der Waals surface area contributed by atoms with E-state index in [-0.39, 0.29) is 11.9 Å². The van der Waals surface area contributed by atoms with Gasteiger partial charge in [-0.25, -0.2) is 5.01 Å². The zero-order valence-electron chi connectivity index (χ0n) is 12.8. The second kappa shape index (κ2) is 5.64. The maximum absolute atomic E-state index is 12.0. The molecule has 2 aromatic rings. The molecule has 22 heavy (non-hydrogen) atoms. The molecule has 2 N–H and O–H groups in total. The fourth-order valence-electron chi connectivity index (χ4n) is 2.85. The maximum atomic E-state index is 12.0. The van der Waals surface area contributed by atoms with E-state index in [2.05, 4.69) is 24.2 Å². The van der Waals surface area contributed by atoms with E-state index in [0.717, 1.165) is 22.5 Å². The lowest BCUT2D eigenvalue weighted by Gasteiger charge is -2.22. The number of nitrogens with zero attached hydrogens (tertiary/aromatic N) is 2. The van der Waals surface area contributed by atoms with Crippen LogP contribution < -0.4 is 5.73 Å². The summed E-state index contributed by atoms with van der Waals surface area (Å²) >= 11 is 0. The van der Waals surface area contributed by atoms with Crippen LogP contribution in [0, 0.1) is 6.92 Å². The fraction of sp³-hybridized carbons (Fsp3) is 0.222. The van der Waals surface area contributed by atoms with Crippen LogP contribution in [0.4, 0.5) is 5.69 Å². The number of aryl methyl sites for hydroxylation is 1. The third-order valence-corrected chi connectivity index (χ3v) is 4.02. The van der Waals surface area contributed by atoms with Crippen molar-refractivity contribution in [3.63, 3.8) is 0 Å². The molecule has 0 saturated heterocycles. The quantitative estimate of drug-likeness (QED) is 0.864. The maximum Gasteiger partial charge on any atom is 0.240 e. The highest BCUT2D eigenvalue weighted by atomic mass is 16.2. The molecule has 0 radical (unpaired) electrons. The van der Waals surface area contributed by atoms with Gasteiger partial charge in [-0.2, -0.15) is 5.10 Å². The van der Waals surface area contributed by atoms with Crippen molar-refractivity contribution in [3.05, 3.63) is 65.2 Å². The van der Waals surface area contributed by atoms with Gasteiger partial charge in [-0.1, -0.05) is 36.4 Å². The number of nitrogen functional groups attached to an aromatic ring is 1. The third-order valence-electron chi connectivity index (χ3n) is 4.02. The molecule has 0 bridgehead atoms. The topological polar surface area (TPSA) is 58.7 Å². The van der Waals surface area contributed by atoms with Crippen LogP contribution in [0.2, 0.25) is 0 Å². The first-order valence-corrected chi connectivity index (χ1v) is 7.35. The molecule has 1 atom stereocenters. The first kappa shape index (κ1) is 14.3. The minimum Gasteiger partial charge on any atom is -0.399 e. The summed E-state index contributed by atoms with van der Waals surface area (Å²) < 4.78 is 0. The Morgan fingerprint density at radius 2 is 1.86 bits per heavy atom. The molecular formula is C18H19N3O. The van der Waals surface area contributed by atoms with Crippen molar-refractivity contribution in [2.45, 2.75) is 26.3 Å². The van der Waals surface area contributed by atoms with Crippen LogP contribution in [0.1, 0.15) is 36.1 Å². The van der Waals surface area contributed by atoms with Gasteiger partial charge in [0.1, 0.15) is 0 Å². The van der Waals surface area contributed by atoms with E-state index in [1.807, 2.05) is 36.4 Å². The van der Waals surface area contributed by atoms with Gasteiger partial charge in [-0.3, -0.25) is 4.79 Å². The van der Waals surface area contributed by atoms with Gasteiger partial charge in [0.25, 0.3) is 0 Å². The van der Waals surface area contributed by atoms with E-state index in [0.29, 0.717) is 6.42 Å². The highest BCUT2D eigenvalue weighted by Gasteiger charge is 2.31. The monoisotopic (exact) mass is 293 g/mol. The number of hydrazone groups is 1. The Morgan fingerprint density at radius 3 is 2.50 bits per heavy atom. The first-order chi connectivity index (χ1) is 10.6. The number of benzene rings is 2. The summed E-state index contributed by atoms with van der Waals surface area (Å²) in [4.78, 5) is 12.0. The molecule has 4 nitrogen and oxygen atoms in total. The SMILES string of the molecule is CC(=O)N1N=C(c2ccc(N)cc2)CC1c1ccccc1C. The highest BCUT2D eigenvalue weighted by molar-refractivity contribution is 6.03. The van der Waals surface area contributed by atoms with Crippen LogP contribution in [0.15, 0.2) is 53.6 Å². The summed E-state index contributed by atoms with van der Waals surface area (Å²) in [5.41, 5.74) is 10.7. The largest absolute Gasteiger partial charge is 0.399 e. The van der Waals surface area contributed by atoms with Crippen LogP contribution in [0.3, 0.4) is 0 Å². The smallest absolute Gasteiger partial charge is 0.240 e. The molecule has 0 spiro atoms. The van der Waals surface area contributed by atoms with Crippen molar-refractivity contribution >= 4 is 17.3 Å². The van der Waals surface area contributed by atoms with Gasteiger partial charge >= 0.3 is 0 Å². The molecule has 4 heteroatoms. The summed E-state index contributed by atoms with van der Waals surface area (Å²) in [6.07, 6.45) is 0.717. The number of hydrogen-bond donors (Lipinski definition) is 1. The molecule has 0 saturated carbocycles. The Labute approximate surface area is 130 Å². The van der Waals surface area contributed by atoms with E-state index < -0.39 is 0 Å². The summed E-state index contributed by atoms with van der Waals surface area (Å²) in [7, 11) is 0. The lowest BCUT2D eigenvalue weighted by atomic mass is 9.95. The molecule has 1 unspecified atom stereocenters. The standard InChI is InChI=1S/C18H19N3O/c1-12-5-3-4-6-16(12)18-11-17(20-21(18)13(2)22)14-7-9-15(19)10-8-14/h3-10,18H,11,19H2,1-2H3. The number of carbonyl (C=O) groups is 1. The van der Waals surface area contributed by atoms with Gasteiger partial charge in [-0.05, 0) is 35.7 Å². The second-order valence-corrected chi connectivity index (χ2v) is 5.61. The predicted octanol–water partition coefficient (Wildman–Crippen LogP) is 3.27. The molecule has 112 valence electrons. The van der Waals surface area contributed by atoms with Crippen molar-refractivity contribution < 1.29 is 4.79 Å². The van der Waals surface area contributed by atoms with Crippen molar-refractivity contribution in [3.8, 4) is 0 Å². The van der Waals surface area contributed by atoms with E-state index in [1.165, 1.54) is 5.56 Å². The second-order valence-electron chi connectivity index (χ2n) is 5.61. The number of anilines is 1. The van der Waals surface area contributed by atoms with Crippen LogP contribution in [-0.4, -0.2) is 16.6 Å². The fourth-order valence-corrected chi connectivity index (χ4v) is 2.85. The molecule has 0 aliphatic carbocycles. The van der Waals surface area contributed by atoms with Gasteiger partial charge in [0.15, 0.2) is 0 Å². The Morgan fingerprint density at radius 1 is 1.18 bits per heavy atom. The molecule has 3 rings (SSSR count). The van der Waals surface area contributed by atoms with Crippen molar-refractivity contribution in [2.24, 2.45) is 5.10 Å². The average molecular weight is 293 g/mol. The third kappa shape index (κ3) is 2.60. The molecular weight excluding hydrogens is 274 g/mol. The lowest BCUT2D eigenvalue weighted by molar-refractivity contribution is -0.130. The van der Waals surface area contributed by atoms with E-state index in [1.54, 1.807) is 11.9 Å². The summed E-state index contributed by atoms with van der Waals surface area (Å²) in [5, 5.41) is 6.14. The van der Waals surface area contributed by atoms with E-state index in [4.69, 9.17) is 5.73 Å². The Bertz CT molecular complexity index is 734. The van der Waals surface area contributed by atoms with Gasteiger partial charge < -0.3 is 5.73 Å². The van der Waals surface area contributed by atoms with Crippen LogP contribution in [-0.2, 0) is 4.79 Å². The average Bonchev–Trinajstić information content (AvgIpc) is 2.93. The Hall–Kier alpha value is -2.62. The van der Waals surface area contributed by atoms with Gasteiger partial charge in [0.2, 0.25) is 5.91 Å². The molecule has 1 heterocycles. The zero-order chi connectivity index (χ0) is 15.7. The van der Waals surface area contributed by atoms with Gasteiger partial charge in [-0.15, -0.1) is 0 Å². The summed E-state index contributed by atoms with van der Waals surface area (Å²) in [6.45, 7) is 3.62. The molecule has 1 amide bonds. The van der Waals surface area contributed by atoms with Crippen LogP contribution >= 0.6 is 0 Å². The van der Waals surface area contributed by atoms with E-state index in [9.17, 15) is 4.79 Å². The van der Waals surface area contributed by atoms with E-state index >= 15 is 0 Å². The van der Waals surface area contributed by atoms with Crippen molar-refractivity contribution in [1.82, 2.24) is 5.01 Å². The molecule has 0 aromatic heterocycles. The number of hydrogen-bond acceptors (Lipinski definition) is 3. The number of amides is 1. The highest BCUT2D eigenvalue weighted by Crippen LogP contribution is 2.34. The molecule has 2 aromatic carbocycles. The Kier molecular flexibility index (Phi) is 3.67. The lowest BCUT2D eigenvalue weighted by Crippen LogP contribution is -2.24. The molecule has 1 aliphatic rings. The number of nitrogens with two attached hydrogens (primary N) is 1. The molecule has 1 aliphatic heterocycles. The number of carbonyl (C=O) groups excluding carboxylic acids is 1. The minimum atomic E-state index is -0.0429. The molecule has 0 fully saturated rings. The number of rotatable bonds is 2. The van der Waals surface area contributed by atoms with Gasteiger partial charge in [0.05, 0.1) is 11.8 Å². The predicted molar refractivity (Wildman–Crippen MR) is 88.4 cm³/mol. The summed E-state index contributed by atoms with van der Waals surface area (Å²) in [6, 6.07) is 15.7. The zero-order valence-corrected chi connectivity index (χ0v) is 12.8. The minimum absolute atomic E-state index is 0.0359. The van der Waals surface area contributed by atoms with Crippen LogP contribution in [0.25, 0.3) is 0 Å². The van der Waals surface area contributed by atoms with Crippen molar-refractivity contribution in [2.75, 3.05) is 5.73 Å².